The van der Waals surface area contributed by atoms with E-state index >= 15 is 4.39 Å². The Morgan fingerprint density at radius 2 is 2.06 bits per heavy atom. The van der Waals surface area contributed by atoms with Crippen molar-refractivity contribution in [3.63, 3.8) is 0 Å². The first-order valence-electron chi connectivity index (χ1n) is 13.6. The maximum Gasteiger partial charge on any atom is 0.128 e. The smallest absolute Gasteiger partial charge is 0.128 e. The predicted molar refractivity (Wildman–Crippen MR) is 144 cm³/mol. The van der Waals surface area contributed by atoms with Crippen molar-refractivity contribution >= 4 is 16.6 Å². The largest absolute Gasteiger partial charge is 0.493 e. The Balaban J connectivity index is 1.53. The van der Waals surface area contributed by atoms with Crippen LogP contribution in [0.5, 0.6) is 0 Å². The summed E-state index contributed by atoms with van der Waals surface area (Å²) < 4.78 is 21.0. The van der Waals surface area contributed by atoms with E-state index in [4.69, 9.17) is 9.72 Å². The second-order valence-electron chi connectivity index (χ2n) is 10.7. The highest BCUT2D eigenvalue weighted by molar-refractivity contribution is 5.93. The highest BCUT2D eigenvalue weighted by atomic mass is 19.1. The number of rotatable bonds is 6. The molecule has 0 saturated heterocycles. The summed E-state index contributed by atoms with van der Waals surface area (Å²) in [5.41, 5.74) is 10.7. The van der Waals surface area contributed by atoms with Crippen molar-refractivity contribution in [3.05, 3.63) is 81.7 Å². The zero-order valence-electron chi connectivity index (χ0n) is 21.8. The number of unbranched alkanes of at least 4 members (excludes halogenated alkanes) is 2. The number of benzene rings is 1. The number of ether oxygens (including phenoxy) is 1. The standard InChI is InChI=1S/C31H36FN3O/c1-6-8-9-12-33-26-11-10-21-17(3)25(32)14-27-29(21)30(26)23-15-35-18(4)24-16-36-19(5)20(7-2)22(24)13-28(35)31(23)34-27/h13-14,20,26,33H,4-12,15-16H2,1-3H3. The summed E-state index contributed by atoms with van der Waals surface area (Å²) in [5, 5.41) is 5.03. The number of allylic oxidation sites excluding steroid dienone is 2. The number of hydrogen-bond acceptors (Lipinski definition) is 4. The molecule has 36 heavy (non-hydrogen) atoms. The van der Waals surface area contributed by atoms with Gasteiger partial charge in [0.2, 0.25) is 0 Å². The number of halogens is 1. The van der Waals surface area contributed by atoms with Crippen molar-refractivity contribution in [1.29, 1.82) is 0 Å². The third-order valence-electron chi connectivity index (χ3n) is 8.69. The summed E-state index contributed by atoms with van der Waals surface area (Å²) in [7, 11) is 0. The lowest BCUT2D eigenvalue weighted by Crippen LogP contribution is -2.29. The van der Waals surface area contributed by atoms with E-state index in [0.29, 0.717) is 6.61 Å². The molecule has 0 radical (unpaired) electrons. The monoisotopic (exact) mass is 485 g/mol. The first kappa shape index (κ1) is 23.5. The maximum absolute atomic E-state index is 15.0. The lowest BCUT2D eigenvalue weighted by molar-refractivity contribution is 0.190. The number of fused-ring (bicyclic) bond motifs is 4. The van der Waals surface area contributed by atoms with Crippen molar-refractivity contribution in [3.8, 4) is 0 Å². The van der Waals surface area contributed by atoms with Gasteiger partial charge in [-0.15, -0.1) is 0 Å². The van der Waals surface area contributed by atoms with E-state index in [2.05, 4.69) is 43.3 Å². The van der Waals surface area contributed by atoms with Gasteiger partial charge in [-0.25, -0.2) is 9.37 Å². The first-order valence-corrected chi connectivity index (χ1v) is 13.6. The van der Waals surface area contributed by atoms with Gasteiger partial charge in [-0.2, -0.15) is 0 Å². The van der Waals surface area contributed by atoms with Crippen LogP contribution in [0.1, 0.15) is 79.9 Å². The molecule has 4 nitrogen and oxygen atoms in total. The van der Waals surface area contributed by atoms with Crippen LogP contribution in [0, 0.1) is 18.7 Å². The molecule has 1 aromatic heterocycles. The van der Waals surface area contributed by atoms with E-state index in [9.17, 15) is 0 Å². The average Bonchev–Trinajstić information content (AvgIpc) is 3.24. The van der Waals surface area contributed by atoms with Crippen molar-refractivity contribution in [2.24, 2.45) is 5.92 Å². The van der Waals surface area contributed by atoms with Gasteiger partial charge in [0.1, 0.15) is 12.4 Å². The Morgan fingerprint density at radius 1 is 1.22 bits per heavy atom. The normalized spacial score (nSPS) is 22.4. The van der Waals surface area contributed by atoms with Crippen LogP contribution in [-0.4, -0.2) is 23.0 Å². The topological polar surface area (TPSA) is 37.4 Å². The lowest BCUT2D eigenvalue weighted by atomic mass is 9.81. The molecule has 0 fully saturated rings. The minimum absolute atomic E-state index is 0.154. The molecular formula is C31H36FN3O. The molecule has 0 amide bonds. The van der Waals surface area contributed by atoms with Gasteiger partial charge in [0.05, 0.1) is 29.2 Å². The minimum atomic E-state index is -0.154. The number of aromatic nitrogens is 1. The molecule has 1 N–H and O–H groups in total. The zero-order valence-corrected chi connectivity index (χ0v) is 21.8. The molecule has 6 rings (SSSR count). The molecule has 0 spiro atoms. The Kier molecular flexibility index (Phi) is 5.79. The second-order valence-corrected chi connectivity index (χ2v) is 10.7. The minimum Gasteiger partial charge on any atom is -0.493 e. The summed E-state index contributed by atoms with van der Waals surface area (Å²) in [4.78, 5) is 7.43. The fraction of sp³-hybridized carbons (Fsp3) is 0.452. The molecule has 4 heterocycles. The second kappa shape index (κ2) is 8.88. The van der Waals surface area contributed by atoms with Crippen LogP contribution < -0.4 is 5.32 Å². The van der Waals surface area contributed by atoms with E-state index in [-0.39, 0.29) is 17.8 Å². The molecule has 2 unspecified atom stereocenters. The van der Waals surface area contributed by atoms with E-state index in [0.717, 1.165) is 71.8 Å². The molecule has 2 atom stereocenters. The summed E-state index contributed by atoms with van der Waals surface area (Å²) in [6.07, 6.45) is 8.68. The number of nitrogens with one attached hydrogen (secondary N) is 1. The van der Waals surface area contributed by atoms with Crippen molar-refractivity contribution in [2.75, 3.05) is 13.2 Å². The predicted octanol–water partition coefficient (Wildman–Crippen LogP) is 7.00. The fourth-order valence-electron chi connectivity index (χ4n) is 6.69. The molecule has 1 aliphatic carbocycles. The molecule has 0 bridgehead atoms. The fourth-order valence-corrected chi connectivity index (χ4v) is 6.69. The zero-order chi connectivity index (χ0) is 25.1. The van der Waals surface area contributed by atoms with Crippen LogP contribution in [0.25, 0.3) is 16.6 Å². The van der Waals surface area contributed by atoms with Gasteiger partial charge in [-0.3, -0.25) is 0 Å². The summed E-state index contributed by atoms with van der Waals surface area (Å²) in [5.74, 6) is 0.828. The van der Waals surface area contributed by atoms with Crippen LogP contribution in [-0.2, 0) is 17.7 Å². The van der Waals surface area contributed by atoms with Crippen LogP contribution >= 0.6 is 0 Å². The molecule has 188 valence electrons. The van der Waals surface area contributed by atoms with Crippen molar-refractivity contribution < 1.29 is 9.13 Å². The summed E-state index contributed by atoms with van der Waals surface area (Å²) in [6, 6.07) is 1.90. The lowest BCUT2D eigenvalue weighted by Gasteiger charge is -2.37. The van der Waals surface area contributed by atoms with Gasteiger partial charge in [0.25, 0.3) is 0 Å². The molecule has 0 saturated carbocycles. The number of pyridine rings is 1. The maximum atomic E-state index is 15.0. The Morgan fingerprint density at radius 3 is 2.83 bits per heavy atom. The van der Waals surface area contributed by atoms with Gasteiger partial charge >= 0.3 is 0 Å². The van der Waals surface area contributed by atoms with E-state index in [1.165, 1.54) is 46.9 Å². The van der Waals surface area contributed by atoms with Gasteiger partial charge in [-0.1, -0.05) is 39.8 Å². The number of hydrogen-bond donors (Lipinski definition) is 1. The van der Waals surface area contributed by atoms with E-state index < -0.39 is 0 Å². The molecule has 4 aliphatic rings. The molecule has 2 aromatic rings. The third-order valence-corrected chi connectivity index (χ3v) is 8.69. The molecule has 5 heteroatoms. The average molecular weight is 486 g/mol. The summed E-state index contributed by atoms with van der Waals surface area (Å²) >= 11 is 0. The van der Waals surface area contributed by atoms with Gasteiger partial charge < -0.3 is 15.0 Å². The highest BCUT2D eigenvalue weighted by Crippen LogP contribution is 2.50. The van der Waals surface area contributed by atoms with Crippen molar-refractivity contribution in [1.82, 2.24) is 15.2 Å². The Labute approximate surface area is 213 Å². The quantitative estimate of drug-likeness (QED) is 0.447. The Hall–Kier alpha value is -2.92. The third kappa shape index (κ3) is 3.39. The van der Waals surface area contributed by atoms with Crippen molar-refractivity contribution in [2.45, 2.75) is 71.9 Å². The number of aryl methyl sites for hydroxylation is 1. The molecule has 1 aromatic carbocycles. The van der Waals surface area contributed by atoms with Crippen LogP contribution in [0.15, 0.2) is 47.9 Å². The number of nitrogens with zero attached hydrogens (tertiary/aromatic N) is 2. The van der Waals surface area contributed by atoms with Gasteiger partial charge in [0, 0.05) is 40.2 Å². The summed E-state index contributed by atoms with van der Waals surface area (Å²) in [6.45, 7) is 17.3. The molecule has 3 aliphatic heterocycles. The van der Waals surface area contributed by atoms with Gasteiger partial charge in [0.15, 0.2) is 0 Å². The SMILES string of the molecule is C=C1OCC2=C(C=C3c4nc5cc(F)c(C)c6c5c(c4CN3C2=C)C(NCCCCC)CC6)C1CC. The van der Waals surface area contributed by atoms with E-state index in [1.807, 2.05) is 6.92 Å². The van der Waals surface area contributed by atoms with Crippen LogP contribution in [0.3, 0.4) is 0 Å². The Bertz CT molecular complexity index is 1370. The van der Waals surface area contributed by atoms with Gasteiger partial charge in [-0.05, 0) is 67.5 Å². The van der Waals surface area contributed by atoms with Crippen LogP contribution in [0.4, 0.5) is 4.39 Å². The highest BCUT2D eigenvalue weighted by Gasteiger charge is 2.40. The first-order chi connectivity index (χ1) is 17.4. The van der Waals surface area contributed by atoms with Crippen LogP contribution in [0.2, 0.25) is 0 Å². The molecular weight excluding hydrogens is 449 g/mol. The van der Waals surface area contributed by atoms with E-state index in [1.54, 1.807) is 6.07 Å².